The maximum atomic E-state index is 12.9. The van der Waals surface area contributed by atoms with Gasteiger partial charge in [-0.25, -0.2) is 0 Å². The maximum Gasteiger partial charge on any atom is 0.416 e. The van der Waals surface area contributed by atoms with Gasteiger partial charge in [-0.15, -0.1) is 0 Å². The van der Waals surface area contributed by atoms with Crippen LogP contribution in [0.5, 0.6) is 11.5 Å². The maximum absolute atomic E-state index is 12.9. The molecule has 178 valence electrons. The van der Waals surface area contributed by atoms with E-state index in [1.165, 1.54) is 38.3 Å². The first-order chi connectivity index (χ1) is 16.1. The zero-order valence-corrected chi connectivity index (χ0v) is 18.8. The van der Waals surface area contributed by atoms with Crippen LogP contribution >= 0.6 is 11.6 Å². The van der Waals surface area contributed by atoms with Crippen LogP contribution in [0.25, 0.3) is 0 Å². The molecule has 0 spiro atoms. The molecule has 3 aromatic carbocycles. The van der Waals surface area contributed by atoms with Crippen molar-refractivity contribution < 1.29 is 32.2 Å². The van der Waals surface area contributed by atoms with Crippen LogP contribution in [0.3, 0.4) is 0 Å². The predicted molar refractivity (Wildman–Crippen MR) is 123 cm³/mol. The highest BCUT2D eigenvalue weighted by atomic mass is 35.5. The Morgan fingerprint density at radius 3 is 2.26 bits per heavy atom. The average Bonchev–Trinajstić information content (AvgIpc) is 2.80. The normalized spacial score (nSPS) is 11.9. The van der Waals surface area contributed by atoms with Crippen molar-refractivity contribution >= 4 is 34.8 Å². The molecule has 1 atom stereocenters. The summed E-state index contributed by atoms with van der Waals surface area (Å²) < 4.78 is 49.5. The molecule has 2 amide bonds. The van der Waals surface area contributed by atoms with Gasteiger partial charge in [0.05, 0.1) is 29.1 Å². The molecule has 2 N–H and O–H groups in total. The van der Waals surface area contributed by atoms with Gasteiger partial charge in [-0.3, -0.25) is 9.59 Å². The van der Waals surface area contributed by atoms with E-state index in [0.29, 0.717) is 17.0 Å². The van der Waals surface area contributed by atoms with Crippen LogP contribution in [-0.2, 0) is 11.0 Å². The fraction of sp³-hybridized carbons (Fsp3) is 0.167. The van der Waals surface area contributed by atoms with Crippen molar-refractivity contribution in [1.29, 1.82) is 0 Å². The van der Waals surface area contributed by atoms with Crippen LogP contribution in [0, 0.1) is 0 Å². The van der Waals surface area contributed by atoms with Gasteiger partial charge in [0.15, 0.2) is 6.10 Å². The third kappa shape index (κ3) is 6.20. The van der Waals surface area contributed by atoms with Crippen molar-refractivity contribution in [1.82, 2.24) is 0 Å². The first-order valence-electron chi connectivity index (χ1n) is 9.97. The smallest absolute Gasteiger partial charge is 0.416 e. The Morgan fingerprint density at radius 1 is 0.941 bits per heavy atom. The van der Waals surface area contributed by atoms with E-state index in [1.807, 2.05) is 0 Å². The summed E-state index contributed by atoms with van der Waals surface area (Å²) in [6, 6.07) is 15.6. The van der Waals surface area contributed by atoms with Gasteiger partial charge >= 0.3 is 6.18 Å². The standard InChI is InChI=1S/C24H20ClF3N2O4/c1-14(22(31)30-20-13-16(24(26,27)28)9-12-18(20)25)34-17-10-7-15(8-11-17)23(32)29-19-5-3-4-6-21(19)33-2/h3-14H,1-2H3,(H,29,32)(H,30,31). The number of hydrogen-bond acceptors (Lipinski definition) is 4. The van der Waals surface area contributed by atoms with E-state index in [4.69, 9.17) is 21.1 Å². The minimum absolute atomic E-state index is 0.0426. The molecule has 34 heavy (non-hydrogen) atoms. The fourth-order valence-corrected chi connectivity index (χ4v) is 3.08. The number of benzene rings is 3. The highest BCUT2D eigenvalue weighted by molar-refractivity contribution is 6.33. The molecule has 0 aliphatic heterocycles. The number of rotatable bonds is 7. The number of alkyl halides is 3. The van der Waals surface area contributed by atoms with Gasteiger partial charge in [-0.2, -0.15) is 13.2 Å². The number of hydrogen-bond donors (Lipinski definition) is 2. The zero-order valence-electron chi connectivity index (χ0n) is 18.1. The lowest BCUT2D eigenvalue weighted by atomic mass is 10.2. The van der Waals surface area contributed by atoms with E-state index in [2.05, 4.69) is 10.6 Å². The average molecular weight is 493 g/mol. The molecule has 0 heterocycles. The van der Waals surface area contributed by atoms with Crippen LogP contribution < -0.4 is 20.1 Å². The molecule has 10 heteroatoms. The van der Waals surface area contributed by atoms with Crippen LogP contribution in [-0.4, -0.2) is 25.0 Å². The number of methoxy groups -OCH3 is 1. The number of anilines is 2. The summed E-state index contributed by atoms with van der Waals surface area (Å²) >= 11 is 5.91. The van der Waals surface area contributed by atoms with Gasteiger partial charge in [0.2, 0.25) is 0 Å². The summed E-state index contributed by atoms with van der Waals surface area (Å²) in [6.07, 6.45) is -5.63. The molecule has 6 nitrogen and oxygen atoms in total. The number of halogens is 4. The van der Waals surface area contributed by atoms with E-state index in [0.717, 1.165) is 18.2 Å². The van der Waals surface area contributed by atoms with Gasteiger partial charge in [-0.05, 0) is 61.5 Å². The Bertz CT molecular complexity index is 1180. The number of carbonyl (C=O) groups is 2. The molecule has 3 rings (SSSR count). The minimum Gasteiger partial charge on any atom is -0.495 e. The molecule has 0 aromatic heterocycles. The Balaban J connectivity index is 1.63. The van der Waals surface area contributed by atoms with Crippen LogP contribution in [0.1, 0.15) is 22.8 Å². The Kier molecular flexibility index (Phi) is 7.68. The van der Waals surface area contributed by atoms with Crippen molar-refractivity contribution in [3.63, 3.8) is 0 Å². The summed E-state index contributed by atoms with van der Waals surface area (Å²) in [4.78, 5) is 24.9. The van der Waals surface area contributed by atoms with Crippen molar-refractivity contribution in [3.8, 4) is 11.5 Å². The summed E-state index contributed by atoms with van der Waals surface area (Å²) in [5.74, 6) is -0.275. The Hall–Kier alpha value is -3.72. The topological polar surface area (TPSA) is 76.7 Å². The molecule has 0 radical (unpaired) electrons. The first-order valence-corrected chi connectivity index (χ1v) is 10.3. The van der Waals surface area contributed by atoms with E-state index < -0.39 is 23.8 Å². The highest BCUT2D eigenvalue weighted by Crippen LogP contribution is 2.34. The van der Waals surface area contributed by atoms with Crippen molar-refractivity contribution in [2.45, 2.75) is 19.2 Å². The third-order valence-electron chi connectivity index (χ3n) is 4.71. The number of para-hydroxylation sites is 2. The summed E-state index contributed by atoms with van der Waals surface area (Å²) in [5, 5.41) is 5.04. The summed E-state index contributed by atoms with van der Waals surface area (Å²) in [7, 11) is 1.50. The Morgan fingerprint density at radius 2 is 1.62 bits per heavy atom. The summed E-state index contributed by atoms with van der Waals surface area (Å²) in [5.41, 5.74) is -0.275. The highest BCUT2D eigenvalue weighted by Gasteiger charge is 2.31. The van der Waals surface area contributed by atoms with Crippen molar-refractivity contribution in [2.24, 2.45) is 0 Å². The van der Waals surface area contributed by atoms with Gasteiger partial charge in [-0.1, -0.05) is 23.7 Å². The SMILES string of the molecule is COc1ccccc1NC(=O)c1ccc(OC(C)C(=O)Nc2cc(C(F)(F)F)ccc2Cl)cc1. The first kappa shape index (κ1) is 24.9. The van der Waals surface area contributed by atoms with E-state index in [-0.39, 0.29) is 22.4 Å². The fourth-order valence-electron chi connectivity index (χ4n) is 2.92. The number of carbonyl (C=O) groups excluding carboxylic acids is 2. The second-order valence-electron chi connectivity index (χ2n) is 7.12. The van der Waals surface area contributed by atoms with Gasteiger partial charge in [0.1, 0.15) is 11.5 Å². The number of ether oxygens (including phenoxy) is 2. The lowest BCUT2D eigenvalue weighted by Crippen LogP contribution is -2.30. The molecular formula is C24H20ClF3N2O4. The largest absolute Gasteiger partial charge is 0.495 e. The third-order valence-corrected chi connectivity index (χ3v) is 5.03. The predicted octanol–water partition coefficient (Wildman–Crippen LogP) is 6.03. The quantitative estimate of drug-likeness (QED) is 0.422. The minimum atomic E-state index is -4.58. The van der Waals surface area contributed by atoms with Crippen molar-refractivity contribution in [3.05, 3.63) is 82.9 Å². The monoisotopic (exact) mass is 492 g/mol. The van der Waals surface area contributed by atoms with Gasteiger partial charge in [0.25, 0.3) is 11.8 Å². The van der Waals surface area contributed by atoms with Gasteiger partial charge < -0.3 is 20.1 Å². The molecule has 1 unspecified atom stereocenters. The zero-order chi connectivity index (χ0) is 24.9. The lowest BCUT2D eigenvalue weighted by molar-refractivity contribution is -0.137. The number of nitrogens with one attached hydrogen (secondary N) is 2. The molecule has 0 saturated heterocycles. The lowest BCUT2D eigenvalue weighted by Gasteiger charge is -2.16. The van der Waals surface area contributed by atoms with Crippen LogP contribution in [0.4, 0.5) is 24.5 Å². The molecule has 0 aliphatic carbocycles. The second-order valence-corrected chi connectivity index (χ2v) is 7.53. The molecule has 0 fully saturated rings. The van der Waals surface area contributed by atoms with E-state index >= 15 is 0 Å². The van der Waals surface area contributed by atoms with E-state index in [1.54, 1.807) is 24.3 Å². The van der Waals surface area contributed by atoms with E-state index in [9.17, 15) is 22.8 Å². The molecule has 3 aromatic rings. The molecular weight excluding hydrogens is 473 g/mol. The molecule has 0 bridgehead atoms. The van der Waals surface area contributed by atoms with Crippen LogP contribution in [0.2, 0.25) is 5.02 Å². The Labute approximate surface area is 198 Å². The van der Waals surface area contributed by atoms with Gasteiger partial charge in [0, 0.05) is 5.56 Å². The van der Waals surface area contributed by atoms with Crippen molar-refractivity contribution in [2.75, 3.05) is 17.7 Å². The number of amides is 2. The molecule has 0 saturated carbocycles. The van der Waals surface area contributed by atoms with Crippen LogP contribution in [0.15, 0.2) is 66.7 Å². The second kappa shape index (κ2) is 10.5. The molecule has 0 aliphatic rings. The summed E-state index contributed by atoms with van der Waals surface area (Å²) in [6.45, 7) is 1.43.